The molecule has 0 bridgehead atoms. The van der Waals surface area contributed by atoms with Crippen LogP contribution < -0.4 is 0 Å². The van der Waals surface area contributed by atoms with E-state index in [1.54, 1.807) is 5.06 Å². The quantitative estimate of drug-likeness (QED) is 0.382. The van der Waals surface area contributed by atoms with Crippen LogP contribution in [-0.4, -0.2) is 60.0 Å². The summed E-state index contributed by atoms with van der Waals surface area (Å²) in [5.74, 6) is -1.91. The standard InChI is InChI=1S/C27H31NO8/c1-17(29)32-16-22-23-24(28(36-22)14-20-10-6-4-7-11-20)26(35-19(3)31)27(25(23)34-18(2)30)33-15-21-12-8-5-9-13-21/h4-13,22-27H,14-16H2,1-3H3/t22-,23-,24+,25+,26-,27-/m0/s1. The number of nitrogens with zero attached hydrogens (tertiary/aromatic N) is 1. The Kier molecular flexibility index (Phi) is 8.35. The topological polar surface area (TPSA) is 101 Å². The van der Waals surface area contributed by atoms with Crippen molar-refractivity contribution in [1.29, 1.82) is 0 Å². The maximum absolute atomic E-state index is 12.2. The number of esters is 3. The second-order valence-corrected chi connectivity index (χ2v) is 8.98. The van der Waals surface area contributed by atoms with E-state index in [9.17, 15) is 14.4 Å². The second-order valence-electron chi connectivity index (χ2n) is 8.98. The third kappa shape index (κ3) is 6.10. The van der Waals surface area contributed by atoms with Crippen LogP contribution in [0.15, 0.2) is 60.7 Å². The fourth-order valence-electron chi connectivity index (χ4n) is 4.98. The monoisotopic (exact) mass is 497 g/mol. The van der Waals surface area contributed by atoms with Crippen molar-refractivity contribution < 1.29 is 38.2 Å². The summed E-state index contributed by atoms with van der Waals surface area (Å²) in [6.07, 6.45) is -2.96. The van der Waals surface area contributed by atoms with Gasteiger partial charge in [0.2, 0.25) is 0 Å². The SMILES string of the molecule is CC(=O)OC[C@@H]1ON(Cc2ccccc2)[C@H]2[C@H](OC(C)=O)[C@@H](OCc3ccccc3)[C@H](OC(C)=O)[C@H]21. The molecule has 0 spiro atoms. The number of hydroxylamine groups is 2. The van der Waals surface area contributed by atoms with Gasteiger partial charge in [0.05, 0.1) is 18.6 Å². The Bertz CT molecular complexity index is 1050. The molecule has 0 N–H and O–H groups in total. The van der Waals surface area contributed by atoms with Crippen LogP contribution in [0.5, 0.6) is 0 Å². The number of fused-ring (bicyclic) bond motifs is 1. The summed E-state index contributed by atoms with van der Waals surface area (Å²) < 4.78 is 23.1. The van der Waals surface area contributed by atoms with E-state index in [-0.39, 0.29) is 13.2 Å². The number of ether oxygens (including phenoxy) is 4. The predicted octanol–water partition coefficient (Wildman–Crippen LogP) is 2.81. The normalized spacial score (nSPS) is 27.3. The van der Waals surface area contributed by atoms with Crippen LogP contribution in [0.25, 0.3) is 0 Å². The van der Waals surface area contributed by atoms with Gasteiger partial charge in [-0.2, -0.15) is 5.06 Å². The van der Waals surface area contributed by atoms with Crippen LogP contribution in [0.2, 0.25) is 0 Å². The molecule has 36 heavy (non-hydrogen) atoms. The van der Waals surface area contributed by atoms with E-state index >= 15 is 0 Å². The fraction of sp³-hybridized carbons (Fsp3) is 0.444. The number of carbonyl (C=O) groups is 3. The van der Waals surface area contributed by atoms with Gasteiger partial charge >= 0.3 is 17.9 Å². The summed E-state index contributed by atoms with van der Waals surface area (Å²) in [6.45, 7) is 4.54. The van der Waals surface area contributed by atoms with E-state index < -0.39 is 54.3 Å². The van der Waals surface area contributed by atoms with Crippen molar-refractivity contribution in [2.75, 3.05) is 6.61 Å². The minimum Gasteiger partial charge on any atom is -0.463 e. The van der Waals surface area contributed by atoms with Gasteiger partial charge < -0.3 is 18.9 Å². The first-order valence-corrected chi connectivity index (χ1v) is 11.9. The van der Waals surface area contributed by atoms with Crippen molar-refractivity contribution in [3.8, 4) is 0 Å². The summed E-state index contributed by atoms with van der Waals surface area (Å²) in [7, 11) is 0. The number of hydrogen-bond donors (Lipinski definition) is 0. The molecule has 1 heterocycles. The maximum Gasteiger partial charge on any atom is 0.303 e. The molecule has 1 saturated carbocycles. The molecular weight excluding hydrogens is 466 g/mol. The molecule has 1 aliphatic carbocycles. The zero-order valence-corrected chi connectivity index (χ0v) is 20.6. The highest BCUT2D eigenvalue weighted by Gasteiger charge is 2.64. The first-order chi connectivity index (χ1) is 17.3. The molecule has 0 amide bonds. The largest absolute Gasteiger partial charge is 0.463 e. The average Bonchev–Trinajstić information content (AvgIpc) is 3.33. The smallest absolute Gasteiger partial charge is 0.303 e. The molecule has 0 unspecified atom stereocenters. The zero-order chi connectivity index (χ0) is 25.7. The lowest BCUT2D eigenvalue weighted by Crippen LogP contribution is -2.45. The Balaban J connectivity index is 1.68. The third-order valence-electron chi connectivity index (χ3n) is 6.31. The minimum atomic E-state index is -0.790. The molecule has 4 rings (SSSR count). The maximum atomic E-state index is 12.2. The van der Waals surface area contributed by atoms with E-state index in [1.807, 2.05) is 60.7 Å². The highest BCUT2D eigenvalue weighted by atomic mass is 16.7. The molecule has 0 aromatic heterocycles. The van der Waals surface area contributed by atoms with Gasteiger partial charge in [0.15, 0.2) is 0 Å². The Morgan fingerprint density at radius 1 is 0.778 bits per heavy atom. The molecule has 2 aromatic carbocycles. The molecule has 6 atom stereocenters. The molecule has 1 aliphatic heterocycles. The Morgan fingerprint density at radius 3 is 1.94 bits per heavy atom. The highest BCUT2D eigenvalue weighted by Crippen LogP contribution is 2.45. The van der Waals surface area contributed by atoms with E-state index in [2.05, 4.69) is 0 Å². The minimum absolute atomic E-state index is 0.0439. The van der Waals surface area contributed by atoms with Gasteiger partial charge in [-0.05, 0) is 11.1 Å². The Labute approximate surface area is 210 Å². The van der Waals surface area contributed by atoms with Crippen LogP contribution in [0, 0.1) is 5.92 Å². The van der Waals surface area contributed by atoms with Gasteiger partial charge in [-0.15, -0.1) is 0 Å². The molecule has 2 aliphatic rings. The first kappa shape index (κ1) is 25.8. The van der Waals surface area contributed by atoms with Crippen LogP contribution in [0.1, 0.15) is 31.9 Å². The molecule has 9 heteroatoms. The lowest BCUT2D eigenvalue weighted by atomic mass is 9.95. The van der Waals surface area contributed by atoms with Crippen LogP contribution in [0.4, 0.5) is 0 Å². The lowest BCUT2D eigenvalue weighted by Gasteiger charge is -2.31. The molecule has 2 aromatic rings. The first-order valence-electron chi connectivity index (χ1n) is 11.9. The van der Waals surface area contributed by atoms with E-state index in [0.717, 1.165) is 11.1 Å². The van der Waals surface area contributed by atoms with E-state index in [1.165, 1.54) is 20.8 Å². The van der Waals surface area contributed by atoms with Gasteiger partial charge in [0.25, 0.3) is 0 Å². The Hall–Kier alpha value is -3.27. The van der Waals surface area contributed by atoms with Crippen molar-refractivity contribution in [1.82, 2.24) is 5.06 Å². The number of rotatable bonds is 9. The molecule has 0 radical (unpaired) electrons. The van der Waals surface area contributed by atoms with Gasteiger partial charge in [0.1, 0.15) is 31.0 Å². The third-order valence-corrected chi connectivity index (χ3v) is 6.31. The summed E-state index contributed by atoms with van der Waals surface area (Å²) in [4.78, 5) is 42.2. The number of hydrogen-bond acceptors (Lipinski definition) is 9. The number of carbonyl (C=O) groups excluding carboxylic acids is 3. The van der Waals surface area contributed by atoms with Crippen molar-refractivity contribution >= 4 is 17.9 Å². The summed E-state index contributed by atoms with van der Waals surface area (Å²) in [5, 5.41) is 1.73. The lowest BCUT2D eigenvalue weighted by molar-refractivity contribution is -0.218. The van der Waals surface area contributed by atoms with Crippen molar-refractivity contribution in [2.24, 2.45) is 5.92 Å². The van der Waals surface area contributed by atoms with E-state index in [0.29, 0.717) is 6.54 Å². The fourth-order valence-corrected chi connectivity index (χ4v) is 4.98. The van der Waals surface area contributed by atoms with Crippen molar-refractivity contribution in [3.05, 3.63) is 71.8 Å². The molecule has 9 nitrogen and oxygen atoms in total. The molecular formula is C27H31NO8. The Morgan fingerprint density at radius 2 is 1.36 bits per heavy atom. The zero-order valence-electron chi connectivity index (χ0n) is 20.6. The highest BCUT2D eigenvalue weighted by molar-refractivity contribution is 5.67. The van der Waals surface area contributed by atoms with Gasteiger partial charge in [-0.1, -0.05) is 60.7 Å². The molecule has 1 saturated heterocycles. The number of benzene rings is 2. The van der Waals surface area contributed by atoms with Gasteiger partial charge in [-0.3, -0.25) is 19.2 Å². The summed E-state index contributed by atoms with van der Waals surface area (Å²) in [5.41, 5.74) is 1.90. The van der Waals surface area contributed by atoms with Crippen LogP contribution in [0.3, 0.4) is 0 Å². The molecule has 192 valence electrons. The summed E-state index contributed by atoms with van der Waals surface area (Å²) >= 11 is 0. The van der Waals surface area contributed by atoms with Crippen molar-refractivity contribution in [3.63, 3.8) is 0 Å². The van der Waals surface area contributed by atoms with Gasteiger partial charge in [-0.25, -0.2) is 0 Å². The average molecular weight is 498 g/mol. The second kappa shape index (κ2) is 11.6. The van der Waals surface area contributed by atoms with Crippen molar-refractivity contribution in [2.45, 2.75) is 64.4 Å². The van der Waals surface area contributed by atoms with Crippen LogP contribution in [-0.2, 0) is 51.3 Å². The summed E-state index contributed by atoms with van der Waals surface area (Å²) in [6, 6.07) is 18.7. The predicted molar refractivity (Wildman–Crippen MR) is 127 cm³/mol. The van der Waals surface area contributed by atoms with E-state index in [4.69, 9.17) is 23.8 Å². The van der Waals surface area contributed by atoms with Crippen LogP contribution >= 0.6 is 0 Å². The van der Waals surface area contributed by atoms with Gasteiger partial charge in [0, 0.05) is 27.3 Å². The molecule has 2 fully saturated rings.